The van der Waals surface area contributed by atoms with Crippen molar-refractivity contribution < 1.29 is 14.6 Å². The second kappa shape index (κ2) is 5.38. The summed E-state index contributed by atoms with van der Waals surface area (Å²) in [4.78, 5) is 11.8. The lowest BCUT2D eigenvalue weighted by Gasteiger charge is -2.23. The number of carbonyl (C=O) groups is 1. The average molecular weight is 258 g/mol. The number of carbonyl (C=O) groups excluding carboxylic acids is 1. The van der Waals surface area contributed by atoms with Crippen LogP contribution < -0.4 is 5.32 Å². The summed E-state index contributed by atoms with van der Waals surface area (Å²) in [5, 5.41) is 12.6. The van der Waals surface area contributed by atoms with E-state index in [1.807, 2.05) is 13.8 Å². The number of nitrogens with one attached hydrogen (secondary N) is 1. The van der Waals surface area contributed by atoms with Crippen LogP contribution in [0, 0.1) is 0 Å². The molecule has 17 heavy (non-hydrogen) atoms. The summed E-state index contributed by atoms with van der Waals surface area (Å²) >= 11 is 5.76. The van der Waals surface area contributed by atoms with Crippen molar-refractivity contribution in [2.45, 2.75) is 19.4 Å². The van der Waals surface area contributed by atoms with Gasteiger partial charge in [-0.15, -0.1) is 0 Å². The van der Waals surface area contributed by atoms with Crippen molar-refractivity contribution in [1.29, 1.82) is 0 Å². The number of amides is 1. The summed E-state index contributed by atoms with van der Waals surface area (Å²) in [6, 6.07) is 4.33. The molecule has 94 valence electrons. The Labute approximate surface area is 106 Å². The maximum Gasteiger partial charge on any atom is 0.255 e. The van der Waals surface area contributed by atoms with Gasteiger partial charge in [0, 0.05) is 18.7 Å². The molecule has 0 radical (unpaired) electrons. The number of phenolic OH excluding ortho intramolecular Hbond substituents is 1. The van der Waals surface area contributed by atoms with Gasteiger partial charge in [-0.1, -0.05) is 11.6 Å². The summed E-state index contributed by atoms with van der Waals surface area (Å²) in [7, 11) is 1.57. The van der Waals surface area contributed by atoms with Gasteiger partial charge in [-0.2, -0.15) is 0 Å². The molecule has 0 aliphatic rings. The van der Waals surface area contributed by atoms with E-state index in [0.29, 0.717) is 11.6 Å². The van der Waals surface area contributed by atoms with Gasteiger partial charge in [0.15, 0.2) is 0 Å². The number of ether oxygens (including phenoxy) is 1. The highest BCUT2D eigenvalue weighted by molar-refractivity contribution is 6.31. The number of rotatable bonds is 4. The van der Waals surface area contributed by atoms with Crippen LogP contribution in [-0.2, 0) is 4.74 Å². The summed E-state index contributed by atoms with van der Waals surface area (Å²) in [5.74, 6) is -0.475. The SMILES string of the molecule is COC(C)(C)CNC(=O)c1cc(Cl)ccc1O. The van der Waals surface area contributed by atoms with Crippen LogP contribution in [0.2, 0.25) is 5.02 Å². The molecule has 4 nitrogen and oxygen atoms in total. The van der Waals surface area contributed by atoms with Crippen LogP contribution in [0.5, 0.6) is 5.75 Å². The van der Waals surface area contributed by atoms with Gasteiger partial charge in [0.05, 0.1) is 11.2 Å². The van der Waals surface area contributed by atoms with Crippen LogP contribution in [-0.4, -0.2) is 30.3 Å². The van der Waals surface area contributed by atoms with E-state index in [0.717, 1.165) is 0 Å². The zero-order chi connectivity index (χ0) is 13.1. The highest BCUT2D eigenvalue weighted by Gasteiger charge is 2.19. The molecule has 0 aliphatic heterocycles. The molecule has 0 heterocycles. The molecule has 0 spiro atoms. The fourth-order valence-corrected chi connectivity index (χ4v) is 1.32. The van der Waals surface area contributed by atoms with Crippen LogP contribution in [0.4, 0.5) is 0 Å². The Morgan fingerprint density at radius 2 is 2.18 bits per heavy atom. The van der Waals surface area contributed by atoms with Gasteiger partial charge in [-0.3, -0.25) is 4.79 Å². The summed E-state index contributed by atoms with van der Waals surface area (Å²) < 4.78 is 5.17. The number of halogens is 1. The Morgan fingerprint density at radius 3 is 2.76 bits per heavy atom. The second-order valence-corrected chi connectivity index (χ2v) is 4.74. The third-order valence-corrected chi connectivity index (χ3v) is 2.67. The minimum Gasteiger partial charge on any atom is -0.507 e. The average Bonchev–Trinajstić information content (AvgIpc) is 2.29. The Bertz CT molecular complexity index is 418. The van der Waals surface area contributed by atoms with E-state index in [9.17, 15) is 9.90 Å². The molecule has 1 aromatic carbocycles. The van der Waals surface area contributed by atoms with Crippen LogP contribution in [0.1, 0.15) is 24.2 Å². The molecular weight excluding hydrogens is 242 g/mol. The lowest BCUT2D eigenvalue weighted by Crippen LogP contribution is -2.39. The fourth-order valence-electron chi connectivity index (χ4n) is 1.15. The van der Waals surface area contributed by atoms with Crippen molar-refractivity contribution in [3.8, 4) is 5.75 Å². The zero-order valence-corrected chi connectivity index (χ0v) is 10.8. The standard InChI is InChI=1S/C12H16ClNO3/c1-12(2,17-3)7-14-11(16)9-6-8(13)4-5-10(9)15/h4-6,15H,7H2,1-3H3,(H,14,16). The smallest absolute Gasteiger partial charge is 0.255 e. The second-order valence-electron chi connectivity index (χ2n) is 4.31. The maximum atomic E-state index is 11.8. The Hall–Kier alpha value is -1.26. The minimum absolute atomic E-state index is 0.0953. The lowest BCUT2D eigenvalue weighted by atomic mass is 10.1. The van der Waals surface area contributed by atoms with E-state index in [1.165, 1.54) is 18.2 Å². The molecule has 0 unspecified atom stereocenters. The first-order valence-corrected chi connectivity index (χ1v) is 5.55. The Morgan fingerprint density at radius 1 is 1.53 bits per heavy atom. The van der Waals surface area contributed by atoms with Gasteiger partial charge in [0.2, 0.25) is 0 Å². The number of hydrogen-bond acceptors (Lipinski definition) is 3. The number of methoxy groups -OCH3 is 1. The Kier molecular flexibility index (Phi) is 4.37. The molecule has 0 saturated heterocycles. The fraction of sp³-hybridized carbons (Fsp3) is 0.417. The molecule has 0 saturated carbocycles. The normalized spacial score (nSPS) is 11.3. The molecule has 0 bridgehead atoms. The molecule has 0 aromatic heterocycles. The first-order chi connectivity index (χ1) is 7.85. The highest BCUT2D eigenvalue weighted by Crippen LogP contribution is 2.21. The first-order valence-electron chi connectivity index (χ1n) is 5.17. The molecule has 5 heteroatoms. The molecule has 0 atom stereocenters. The molecule has 2 N–H and O–H groups in total. The van der Waals surface area contributed by atoms with Gasteiger partial charge < -0.3 is 15.2 Å². The Balaban J connectivity index is 2.74. The van der Waals surface area contributed by atoms with Gasteiger partial charge in [-0.05, 0) is 32.0 Å². The van der Waals surface area contributed by atoms with Crippen molar-refractivity contribution in [2.75, 3.05) is 13.7 Å². The molecule has 1 amide bonds. The number of aromatic hydroxyl groups is 1. The first kappa shape index (κ1) is 13.8. The summed E-state index contributed by atoms with van der Waals surface area (Å²) in [6.07, 6.45) is 0. The predicted octanol–water partition coefficient (Wildman–Crippen LogP) is 2.20. The highest BCUT2D eigenvalue weighted by atomic mass is 35.5. The number of hydrogen-bond donors (Lipinski definition) is 2. The summed E-state index contributed by atoms with van der Waals surface area (Å²) in [5.41, 5.74) is -0.298. The van der Waals surface area contributed by atoms with Crippen LogP contribution in [0.25, 0.3) is 0 Å². The van der Waals surface area contributed by atoms with Gasteiger partial charge >= 0.3 is 0 Å². The van der Waals surface area contributed by atoms with E-state index >= 15 is 0 Å². The van der Waals surface area contributed by atoms with E-state index in [1.54, 1.807) is 7.11 Å². The number of benzene rings is 1. The molecule has 0 fully saturated rings. The van der Waals surface area contributed by atoms with Gasteiger partial charge in [-0.25, -0.2) is 0 Å². The molecule has 0 aliphatic carbocycles. The third-order valence-electron chi connectivity index (χ3n) is 2.43. The summed E-state index contributed by atoms with van der Waals surface area (Å²) in [6.45, 7) is 4.05. The lowest BCUT2D eigenvalue weighted by molar-refractivity contribution is 0.0228. The maximum absolute atomic E-state index is 11.8. The topological polar surface area (TPSA) is 58.6 Å². The molecule has 1 rings (SSSR count). The van der Waals surface area contributed by atoms with Gasteiger partial charge in [0.25, 0.3) is 5.91 Å². The molecular formula is C12H16ClNO3. The van der Waals surface area contributed by atoms with Crippen LogP contribution >= 0.6 is 11.6 Å². The largest absolute Gasteiger partial charge is 0.507 e. The molecule has 1 aromatic rings. The van der Waals surface area contributed by atoms with Crippen molar-refractivity contribution in [2.24, 2.45) is 0 Å². The van der Waals surface area contributed by atoms with E-state index < -0.39 is 5.60 Å². The monoisotopic (exact) mass is 257 g/mol. The zero-order valence-electron chi connectivity index (χ0n) is 10.1. The van der Waals surface area contributed by atoms with E-state index in [4.69, 9.17) is 16.3 Å². The van der Waals surface area contributed by atoms with Crippen LogP contribution in [0.15, 0.2) is 18.2 Å². The minimum atomic E-state index is -0.455. The van der Waals surface area contributed by atoms with Crippen molar-refractivity contribution in [1.82, 2.24) is 5.32 Å². The van der Waals surface area contributed by atoms with E-state index in [2.05, 4.69) is 5.32 Å². The van der Waals surface area contributed by atoms with Crippen molar-refractivity contribution in [3.05, 3.63) is 28.8 Å². The van der Waals surface area contributed by atoms with Gasteiger partial charge in [0.1, 0.15) is 5.75 Å². The van der Waals surface area contributed by atoms with Crippen LogP contribution in [0.3, 0.4) is 0 Å². The van der Waals surface area contributed by atoms with Crippen molar-refractivity contribution >= 4 is 17.5 Å². The number of phenols is 1. The quantitative estimate of drug-likeness (QED) is 0.869. The predicted molar refractivity (Wildman–Crippen MR) is 66.5 cm³/mol. The third kappa shape index (κ3) is 3.91. The van der Waals surface area contributed by atoms with Crippen molar-refractivity contribution in [3.63, 3.8) is 0 Å². The van der Waals surface area contributed by atoms with E-state index in [-0.39, 0.29) is 17.2 Å².